The molecule has 3 rings (SSSR count). The summed E-state index contributed by atoms with van der Waals surface area (Å²) >= 11 is 5.86. The molecule has 0 spiro atoms. The molecule has 0 radical (unpaired) electrons. The van der Waals surface area contributed by atoms with E-state index in [9.17, 15) is 4.79 Å². The van der Waals surface area contributed by atoms with Gasteiger partial charge in [0.2, 0.25) is 0 Å². The van der Waals surface area contributed by atoms with Crippen molar-refractivity contribution in [1.82, 2.24) is 15.6 Å². The van der Waals surface area contributed by atoms with Crippen LogP contribution in [0.3, 0.4) is 0 Å². The van der Waals surface area contributed by atoms with Gasteiger partial charge in [-0.15, -0.1) is 0 Å². The molecule has 26 heavy (non-hydrogen) atoms. The highest BCUT2D eigenvalue weighted by Gasteiger charge is 2.28. The number of nitrogens with zero attached hydrogens (tertiary/aromatic N) is 2. The van der Waals surface area contributed by atoms with Crippen molar-refractivity contribution in [3.63, 3.8) is 0 Å². The predicted octanol–water partition coefficient (Wildman–Crippen LogP) is 4.37. The highest BCUT2D eigenvalue weighted by atomic mass is 35.5. The van der Waals surface area contributed by atoms with E-state index in [1.165, 1.54) is 0 Å². The average Bonchev–Trinajstić information content (AvgIpc) is 2.98. The Hall–Kier alpha value is -2.14. The Morgan fingerprint density at radius 1 is 1.38 bits per heavy atom. The summed E-state index contributed by atoms with van der Waals surface area (Å²) in [4.78, 5) is 12.5. The first-order chi connectivity index (χ1) is 12.3. The number of carbonyl (C=O) groups is 1. The molecular weight excluding hydrogens is 348 g/mol. The molecule has 1 aliphatic carbocycles. The van der Waals surface area contributed by atoms with Crippen LogP contribution in [0.15, 0.2) is 29.4 Å². The van der Waals surface area contributed by atoms with Crippen molar-refractivity contribution in [2.75, 3.05) is 0 Å². The monoisotopic (exact) mass is 372 g/mol. The number of amides is 1. The number of aromatic nitrogens is 2. The molecule has 0 aliphatic heterocycles. The highest BCUT2D eigenvalue weighted by molar-refractivity contribution is 6.30. The van der Waals surface area contributed by atoms with Gasteiger partial charge in [0.25, 0.3) is 5.91 Å². The first kappa shape index (κ1) is 18.6. The van der Waals surface area contributed by atoms with E-state index in [1.54, 1.807) is 18.3 Å². The fourth-order valence-corrected chi connectivity index (χ4v) is 3.69. The number of hydrogen-bond acceptors (Lipinski definition) is 3. The van der Waals surface area contributed by atoms with Crippen LogP contribution in [0, 0.1) is 11.3 Å². The van der Waals surface area contributed by atoms with Crippen LogP contribution in [0.5, 0.6) is 0 Å². The molecule has 0 bridgehead atoms. The third-order valence-corrected chi connectivity index (χ3v) is 4.87. The van der Waals surface area contributed by atoms with Gasteiger partial charge in [-0.2, -0.15) is 10.2 Å². The van der Waals surface area contributed by atoms with Crippen molar-refractivity contribution in [3.05, 3.63) is 51.8 Å². The molecule has 1 aromatic carbocycles. The lowest BCUT2D eigenvalue weighted by Gasteiger charge is -2.28. The van der Waals surface area contributed by atoms with E-state index in [0.29, 0.717) is 16.6 Å². The number of hydrazone groups is 1. The molecule has 1 amide bonds. The van der Waals surface area contributed by atoms with Crippen LogP contribution < -0.4 is 5.43 Å². The second-order valence-corrected chi connectivity index (χ2v) is 8.59. The smallest absolute Gasteiger partial charge is 0.281 e. The van der Waals surface area contributed by atoms with Crippen molar-refractivity contribution < 1.29 is 4.79 Å². The Balaban J connectivity index is 1.66. The molecular formula is C20H25ClN4O. The average molecular weight is 373 g/mol. The molecule has 1 aromatic heterocycles. The van der Waals surface area contributed by atoms with Crippen molar-refractivity contribution in [3.8, 4) is 0 Å². The summed E-state index contributed by atoms with van der Waals surface area (Å²) in [6.07, 6.45) is 5.72. The normalized spacial score (nSPS) is 17.3. The summed E-state index contributed by atoms with van der Waals surface area (Å²) in [6.45, 7) is 6.78. The molecule has 0 saturated carbocycles. The molecule has 1 heterocycles. The van der Waals surface area contributed by atoms with Gasteiger partial charge < -0.3 is 0 Å². The molecule has 0 saturated heterocycles. The van der Waals surface area contributed by atoms with Gasteiger partial charge in [0.15, 0.2) is 5.69 Å². The minimum Gasteiger partial charge on any atom is -0.281 e. The SMILES string of the molecule is CC(C)(C)CC1CCc2[nH]nc(C(=O)N/N=C/c3ccc(Cl)cc3)c2C1. The van der Waals surface area contributed by atoms with Gasteiger partial charge in [-0.3, -0.25) is 9.89 Å². The van der Waals surface area contributed by atoms with Gasteiger partial charge in [0, 0.05) is 16.3 Å². The Kier molecular flexibility index (Phi) is 5.47. The maximum absolute atomic E-state index is 12.5. The number of H-pyrrole nitrogens is 1. The second kappa shape index (κ2) is 7.62. The van der Waals surface area contributed by atoms with Crippen LogP contribution in [0.4, 0.5) is 0 Å². The number of rotatable bonds is 4. The molecule has 2 N–H and O–H groups in total. The van der Waals surface area contributed by atoms with Crippen molar-refractivity contribution in [2.45, 2.75) is 46.5 Å². The molecule has 138 valence electrons. The molecule has 1 aliphatic rings. The fourth-order valence-electron chi connectivity index (χ4n) is 3.56. The van der Waals surface area contributed by atoms with E-state index in [1.807, 2.05) is 12.1 Å². The third kappa shape index (κ3) is 4.73. The molecule has 0 fully saturated rings. The molecule has 5 nitrogen and oxygen atoms in total. The van der Waals surface area contributed by atoms with Crippen molar-refractivity contribution in [1.29, 1.82) is 0 Å². The van der Waals surface area contributed by atoms with Gasteiger partial charge >= 0.3 is 0 Å². The van der Waals surface area contributed by atoms with Crippen LogP contribution in [-0.4, -0.2) is 22.3 Å². The van der Waals surface area contributed by atoms with Gasteiger partial charge in [-0.05, 0) is 54.7 Å². The van der Waals surface area contributed by atoms with Crippen LogP contribution in [-0.2, 0) is 12.8 Å². The number of fused-ring (bicyclic) bond motifs is 1. The largest absolute Gasteiger partial charge is 0.292 e. The van der Waals surface area contributed by atoms with E-state index < -0.39 is 0 Å². The molecule has 2 aromatic rings. The van der Waals surface area contributed by atoms with Gasteiger partial charge in [0.05, 0.1) is 6.21 Å². The zero-order valence-corrected chi connectivity index (χ0v) is 16.2. The summed E-state index contributed by atoms with van der Waals surface area (Å²) in [5, 5.41) is 12.0. The lowest BCUT2D eigenvalue weighted by atomic mass is 9.76. The standard InChI is InChI=1S/C20H25ClN4O/c1-20(2,3)11-14-6-9-17-16(10-14)18(24-23-17)19(26)25-22-12-13-4-7-15(21)8-5-13/h4-5,7-8,12,14H,6,9-11H2,1-3H3,(H,23,24)(H,25,26)/b22-12+. The summed E-state index contributed by atoms with van der Waals surface area (Å²) in [7, 11) is 0. The van der Waals surface area contributed by atoms with Crippen molar-refractivity contribution >= 4 is 23.7 Å². The number of nitrogens with one attached hydrogen (secondary N) is 2. The maximum Gasteiger partial charge on any atom is 0.292 e. The van der Waals surface area contributed by atoms with E-state index in [2.05, 4.69) is 41.5 Å². The highest BCUT2D eigenvalue weighted by Crippen LogP contribution is 2.34. The van der Waals surface area contributed by atoms with Gasteiger partial charge in [0.1, 0.15) is 0 Å². The quantitative estimate of drug-likeness (QED) is 0.618. The summed E-state index contributed by atoms with van der Waals surface area (Å²) < 4.78 is 0. The third-order valence-electron chi connectivity index (χ3n) is 4.61. The molecule has 1 unspecified atom stereocenters. The van der Waals surface area contributed by atoms with Crippen LogP contribution in [0.1, 0.15) is 60.9 Å². The number of hydrogen-bond donors (Lipinski definition) is 2. The summed E-state index contributed by atoms with van der Waals surface area (Å²) in [5.74, 6) is 0.313. The van der Waals surface area contributed by atoms with Crippen LogP contribution >= 0.6 is 11.6 Å². The second-order valence-electron chi connectivity index (χ2n) is 8.15. The predicted molar refractivity (Wildman–Crippen MR) is 105 cm³/mol. The fraction of sp³-hybridized carbons (Fsp3) is 0.450. The minimum absolute atomic E-state index is 0.274. The zero-order chi connectivity index (χ0) is 18.7. The van der Waals surface area contributed by atoms with Crippen LogP contribution in [0.25, 0.3) is 0 Å². The van der Waals surface area contributed by atoms with E-state index in [0.717, 1.165) is 42.5 Å². The first-order valence-corrected chi connectivity index (χ1v) is 9.35. The zero-order valence-electron chi connectivity index (χ0n) is 15.5. The van der Waals surface area contributed by atoms with E-state index in [-0.39, 0.29) is 11.3 Å². The Bertz CT molecular complexity index is 802. The Morgan fingerprint density at radius 2 is 2.12 bits per heavy atom. The van der Waals surface area contributed by atoms with E-state index >= 15 is 0 Å². The van der Waals surface area contributed by atoms with E-state index in [4.69, 9.17) is 11.6 Å². The lowest BCUT2D eigenvalue weighted by molar-refractivity contribution is 0.0948. The molecule has 1 atom stereocenters. The Morgan fingerprint density at radius 3 is 2.81 bits per heavy atom. The number of benzene rings is 1. The molecule has 6 heteroatoms. The maximum atomic E-state index is 12.5. The lowest BCUT2D eigenvalue weighted by Crippen LogP contribution is -2.24. The minimum atomic E-state index is -0.274. The Labute approximate surface area is 159 Å². The van der Waals surface area contributed by atoms with Gasteiger partial charge in [-0.25, -0.2) is 5.43 Å². The first-order valence-electron chi connectivity index (χ1n) is 8.97. The van der Waals surface area contributed by atoms with Crippen molar-refractivity contribution in [2.24, 2.45) is 16.4 Å². The number of carbonyl (C=O) groups excluding carboxylic acids is 1. The topological polar surface area (TPSA) is 70.1 Å². The van der Waals surface area contributed by atoms with Crippen LogP contribution in [0.2, 0.25) is 5.02 Å². The summed E-state index contributed by atoms with van der Waals surface area (Å²) in [6, 6.07) is 7.24. The van der Waals surface area contributed by atoms with Gasteiger partial charge in [-0.1, -0.05) is 44.5 Å². The number of halogens is 1. The number of aromatic amines is 1. The number of aryl methyl sites for hydroxylation is 1. The summed E-state index contributed by atoms with van der Waals surface area (Å²) in [5.41, 5.74) is 6.33.